The second-order valence-electron chi connectivity index (χ2n) is 2.27. The van der Waals surface area contributed by atoms with Crippen LogP contribution in [0.3, 0.4) is 0 Å². The molecule has 0 aliphatic carbocycles. The van der Waals surface area contributed by atoms with E-state index in [4.69, 9.17) is 11.2 Å². The van der Waals surface area contributed by atoms with E-state index in [1.807, 2.05) is 14.1 Å². The standard InChI is InChI=1S/C5H7N3OS4/c1-8(2)3-6-4-7-5(11-9)12-13(4)10/h3H,1-2H3. The van der Waals surface area contributed by atoms with Gasteiger partial charge < -0.3 is 4.90 Å². The molecule has 0 amide bonds. The van der Waals surface area contributed by atoms with Crippen molar-refractivity contribution in [2.45, 2.75) is 0 Å². The summed E-state index contributed by atoms with van der Waals surface area (Å²) in [5.74, 6) is 0. The molecular formula is C5H7N3OS4. The van der Waals surface area contributed by atoms with Crippen molar-refractivity contribution >= 4 is 57.6 Å². The average molecular weight is 253 g/mol. The Hall–Kier alpha value is -0.0500. The quantitative estimate of drug-likeness (QED) is 0.285. The minimum Gasteiger partial charge on any atom is -0.369 e. The zero-order chi connectivity index (χ0) is 9.84. The first kappa shape index (κ1) is 11.0. The first-order chi connectivity index (χ1) is 6.13. The first-order valence-electron chi connectivity index (χ1n) is 3.19. The van der Waals surface area contributed by atoms with E-state index in [2.05, 4.69) is 9.98 Å². The highest BCUT2D eigenvalue weighted by Gasteiger charge is 2.17. The maximum Gasteiger partial charge on any atom is 0.205 e. The SMILES string of the molecule is CN(C)C=NC1=NC(=S=O)SS1=S. The highest BCUT2D eigenvalue weighted by molar-refractivity contribution is 8.93. The second-order valence-corrected chi connectivity index (χ2v) is 7.60. The maximum absolute atomic E-state index is 10.4. The van der Waals surface area contributed by atoms with E-state index in [-0.39, 0.29) is 0 Å². The van der Waals surface area contributed by atoms with Crippen molar-refractivity contribution in [2.24, 2.45) is 9.98 Å². The number of nitrogens with zero attached hydrogens (tertiary/aromatic N) is 3. The molecule has 72 valence electrons. The van der Waals surface area contributed by atoms with Crippen LogP contribution in [0.25, 0.3) is 0 Å². The van der Waals surface area contributed by atoms with Gasteiger partial charge in [0.2, 0.25) is 9.49 Å². The van der Waals surface area contributed by atoms with Gasteiger partial charge in [-0.1, -0.05) is 0 Å². The smallest absolute Gasteiger partial charge is 0.205 e. The van der Waals surface area contributed by atoms with Gasteiger partial charge >= 0.3 is 0 Å². The van der Waals surface area contributed by atoms with Crippen LogP contribution in [0, 0.1) is 0 Å². The van der Waals surface area contributed by atoms with Gasteiger partial charge in [0.15, 0.2) is 0 Å². The van der Waals surface area contributed by atoms with Crippen molar-refractivity contribution < 1.29 is 4.21 Å². The van der Waals surface area contributed by atoms with Gasteiger partial charge in [-0.2, -0.15) is 4.99 Å². The summed E-state index contributed by atoms with van der Waals surface area (Å²) in [5, 5.41) is 0.562. The van der Waals surface area contributed by atoms with Crippen LogP contribution in [0.5, 0.6) is 0 Å². The van der Waals surface area contributed by atoms with E-state index in [0.717, 1.165) is 0 Å². The van der Waals surface area contributed by atoms with Crippen LogP contribution in [0.1, 0.15) is 0 Å². The van der Waals surface area contributed by atoms with Crippen LogP contribution in [-0.2, 0) is 30.9 Å². The van der Waals surface area contributed by atoms with Crippen LogP contribution in [0.2, 0.25) is 0 Å². The van der Waals surface area contributed by atoms with Gasteiger partial charge in [-0.05, 0) is 22.0 Å². The molecule has 0 aromatic rings. The fourth-order valence-electron chi connectivity index (χ4n) is 0.505. The average Bonchev–Trinajstić information content (AvgIpc) is 2.43. The van der Waals surface area contributed by atoms with Crippen molar-refractivity contribution in [3.63, 3.8) is 0 Å². The zero-order valence-corrected chi connectivity index (χ0v) is 10.2. The Kier molecular flexibility index (Phi) is 4.23. The lowest BCUT2D eigenvalue weighted by molar-refractivity contribution is 0.644. The largest absolute Gasteiger partial charge is 0.369 e. The lowest BCUT2D eigenvalue weighted by atomic mass is 10.9. The Morgan fingerprint density at radius 3 is 2.92 bits per heavy atom. The third kappa shape index (κ3) is 3.29. The van der Waals surface area contributed by atoms with Gasteiger partial charge in [0.1, 0.15) is 11.3 Å². The van der Waals surface area contributed by atoms with Gasteiger partial charge in [0.05, 0.1) is 6.34 Å². The minimum atomic E-state index is -0.489. The Morgan fingerprint density at radius 1 is 1.77 bits per heavy atom. The summed E-state index contributed by atoms with van der Waals surface area (Å²) in [4.78, 5) is 9.85. The van der Waals surface area contributed by atoms with Crippen LogP contribution in [0.15, 0.2) is 9.98 Å². The van der Waals surface area contributed by atoms with Gasteiger partial charge in [-0.15, -0.1) is 0 Å². The lowest BCUT2D eigenvalue weighted by Crippen LogP contribution is -2.09. The van der Waals surface area contributed by atoms with Gasteiger partial charge in [0.25, 0.3) is 0 Å². The fraction of sp³-hybridized carbons (Fsp3) is 0.400. The van der Waals surface area contributed by atoms with Gasteiger partial charge in [0, 0.05) is 22.6 Å². The molecule has 0 aromatic heterocycles. The molecular weight excluding hydrogens is 246 g/mol. The molecule has 0 N–H and O–H groups in total. The molecule has 1 heterocycles. The third-order valence-electron chi connectivity index (χ3n) is 0.953. The molecule has 0 saturated heterocycles. The molecule has 0 aromatic carbocycles. The molecule has 4 nitrogen and oxygen atoms in total. The van der Waals surface area contributed by atoms with E-state index < -0.39 is 8.49 Å². The van der Waals surface area contributed by atoms with Crippen molar-refractivity contribution in [1.82, 2.24) is 4.90 Å². The summed E-state index contributed by atoms with van der Waals surface area (Å²) >= 11 is 5.44. The van der Waals surface area contributed by atoms with Crippen LogP contribution >= 0.6 is 10.8 Å². The molecule has 0 radical (unpaired) electrons. The minimum absolute atomic E-state index is 0.369. The number of rotatable bonds is 1. The van der Waals surface area contributed by atoms with Crippen molar-refractivity contribution in [3.8, 4) is 0 Å². The predicted octanol–water partition coefficient (Wildman–Crippen LogP) is -0.0253. The van der Waals surface area contributed by atoms with E-state index in [1.165, 1.54) is 10.8 Å². The van der Waals surface area contributed by atoms with E-state index in [9.17, 15) is 4.21 Å². The number of aliphatic imine (C=N–C) groups is 2. The Bertz CT molecular complexity index is 342. The molecule has 13 heavy (non-hydrogen) atoms. The number of hydrogen-bond acceptors (Lipinski definition) is 4. The van der Waals surface area contributed by atoms with Crippen LogP contribution in [0.4, 0.5) is 0 Å². The molecule has 0 bridgehead atoms. The van der Waals surface area contributed by atoms with Gasteiger partial charge in [-0.25, -0.2) is 9.20 Å². The third-order valence-corrected chi connectivity index (χ3v) is 5.27. The number of hydrogen-bond donors (Lipinski definition) is 0. The highest BCUT2D eigenvalue weighted by atomic mass is 33.3. The summed E-state index contributed by atoms with van der Waals surface area (Å²) < 4.78 is 10.9. The zero-order valence-electron chi connectivity index (χ0n) is 6.96. The molecule has 0 saturated carbocycles. The summed E-state index contributed by atoms with van der Waals surface area (Å²) in [6.45, 7) is 0. The van der Waals surface area contributed by atoms with Crippen molar-refractivity contribution in [1.29, 1.82) is 0 Å². The first-order valence-corrected chi connectivity index (χ1v) is 7.42. The summed E-state index contributed by atoms with van der Waals surface area (Å²) in [6, 6.07) is 0. The van der Waals surface area contributed by atoms with Crippen LogP contribution < -0.4 is 0 Å². The monoisotopic (exact) mass is 253 g/mol. The fourth-order valence-corrected chi connectivity index (χ4v) is 4.52. The molecule has 1 rings (SSSR count). The predicted molar refractivity (Wildman–Crippen MR) is 65.1 cm³/mol. The normalized spacial score (nSPS) is 22.2. The molecule has 8 heteroatoms. The van der Waals surface area contributed by atoms with E-state index >= 15 is 0 Å². The topological polar surface area (TPSA) is 45.0 Å². The molecule has 0 spiro atoms. The molecule has 0 fully saturated rings. The second kappa shape index (κ2) is 4.99. The number of amidine groups is 1. The molecule has 1 aliphatic heterocycles. The maximum atomic E-state index is 10.4. The summed E-state index contributed by atoms with van der Waals surface area (Å²) in [5.41, 5.74) is 0. The highest BCUT2D eigenvalue weighted by Crippen LogP contribution is 2.20. The summed E-state index contributed by atoms with van der Waals surface area (Å²) in [7, 11) is 4.53. The lowest BCUT2D eigenvalue weighted by Gasteiger charge is -2.00. The Labute approximate surface area is 90.6 Å². The summed E-state index contributed by atoms with van der Waals surface area (Å²) in [6.07, 6.45) is 1.63. The van der Waals surface area contributed by atoms with E-state index in [0.29, 0.717) is 20.7 Å². The Balaban J connectivity index is 2.81. The Morgan fingerprint density at radius 2 is 2.46 bits per heavy atom. The van der Waals surface area contributed by atoms with Crippen molar-refractivity contribution in [3.05, 3.63) is 0 Å². The van der Waals surface area contributed by atoms with Crippen molar-refractivity contribution in [2.75, 3.05) is 14.1 Å². The van der Waals surface area contributed by atoms with E-state index in [1.54, 1.807) is 11.2 Å². The van der Waals surface area contributed by atoms with Crippen LogP contribution in [-0.4, -0.2) is 39.0 Å². The molecule has 1 unspecified atom stereocenters. The van der Waals surface area contributed by atoms with Gasteiger partial charge in [-0.3, -0.25) is 0 Å². The molecule has 1 aliphatic rings. The molecule has 1 atom stereocenters.